The van der Waals surface area contributed by atoms with Crippen LogP contribution in [0, 0.1) is 0 Å². The molecule has 3 rings (SSSR count). The van der Waals surface area contributed by atoms with Crippen LogP contribution in [0.3, 0.4) is 0 Å². The van der Waals surface area contributed by atoms with E-state index in [0.717, 1.165) is 0 Å². The Labute approximate surface area is 132 Å². The molecule has 0 aliphatic carbocycles. The number of hydrogen-bond acceptors (Lipinski definition) is 4. The molecule has 3 aromatic rings. The van der Waals surface area contributed by atoms with Crippen LogP contribution >= 0.6 is 0 Å². The van der Waals surface area contributed by atoms with Gasteiger partial charge in [-0.3, -0.25) is 9.59 Å². The topological polar surface area (TPSA) is 73.5 Å². The summed E-state index contributed by atoms with van der Waals surface area (Å²) >= 11 is 0. The Morgan fingerprint density at radius 2 is 2.09 bits per heavy atom. The monoisotopic (exact) mass is 312 g/mol. The molecule has 0 bridgehead atoms. The number of fused-ring (bicyclic) bond motifs is 1. The van der Waals surface area contributed by atoms with E-state index in [1.54, 1.807) is 55.9 Å². The van der Waals surface area contributed by atoms with E-state index < -0.39 is 0 Å². The average Bonchev–Trinajstić information content (AvgIpc) is 3.08. The van der Waals surface area contributed by atoms with Crippen molar-refractivity contribution >= 4 is 16.7 Å². The molecule has 0 radical (unpaired) electrons. The van der Waals surface area contributed by atoms with Crippen molar-refractivity contribution in [3.63, 3.8) is 0 Å². The van der Waals surface area contributed by atoms with E-state index in [0.29, 0.717) is 28.8 Å². The van der Waals surface area contributed by atoms with Crippen LogP contribution in [-0.2, 0) is 18.4 Å². The predicted molar refractivity (Wildman–Crippen MR) is 85.2 cm³/mol. The number of aromatic nitrogens is 1. The maximum Gasteiger partial charge on any atom is 0.258 e. The molecule has 118 valence electrons. The molecule has 1 aromatic carbocycles. The van der Waals surface area contributed by atoms with Gasteiger partial charge in [-0.25, -0.2) is 0 Å². The molecule has 0 fully saturated rings. The van der Waals surface area contributed by atoms with E-state index in [2.05, 4.69) is 5.32 Å². The van der Waals surface area contributed by atoms with Crippen LogP contribution in [0.15, 0.2) is 58.1 Å². The van der Waals surface area contributed by atoms with E-state index in [4.69, 9.17) is 9.15 Å². The van der Waals surface area contributed by atoms with Crippen molar-refractivity contribution in [2.75, 3.05) is 6.61 Å². The number of aryl methyl sites for hydroxylation is 1. The van der Waals surface area contributed by atoms with Crippen molar-refractivity contribution in [1.82, 2.24) is 9.88 Å². The molecule has 2 aromatic heterocycles. The zero-order valence-electron chi connectivity index (χ0n) is 12.6. The molecule has 2 heterocycles. The van der Waals surface area contributed by atoms with E-state index >= 15 is 0 Å². The highest BCUT2D eigenvalue weighted by atomic mass is 16.5. The fraction of sp³-hybridized carbons (Fsp3) is 0.176. The minimum absolute atomic E-state index is 0.102. The number of pyridine rings is 1. The summed E-state index contributed by atoms with van der Waals surface area (Å²) in [7, 11) is 1.69. The molecule has 0 aliphatic rings. The van der Waals surface area contributed by atoms with Crippen LogP contribution in [-0.4, -0.2) is 17.1 Å². The Bertz CT molecular complexity index is 881. The Balaban J connectivity index is 1.68. The van der Waals surface area contributed by atoms with E-state index in [-0.39, 0.29) is 18.1 Å². The summed E-state index contributed by atoms with van der Waals surface area (Å²) in [6.07, 6.45) is 3.23. The number of hydrogen-bond donors (Lipinski definition) is 1. The summed E-state index contributed by atoms with van der Waals surface area (Å²) in [6.45, 7) is 0.181. The largest absolute Gasteiger partial charge is 0.483 e. The zero-order valence-corrected chi connectivity index (χ0v) is 12.6. The maximum atomic E-state index is 12.1. The molecule has 0 atom stereocenters. The lowest BCUT2D eigenvalue weighted by Gasteiger charge is -2.10. The molecule has 1 amide bonds. The van der Waals surface area contributed by atoms with E-state index in [9.17, 15) is 9.59 Å². The minimum atomic E-state index is -0.262. The second kappa shape index (κ2) is 6.39. The number of ether oxygens (including phenoxy) is 1. The van der Waals surface area contributed by atoms with Gasteiger partial charge in [0.05, 0.1) is 18.2 Å². The zero-order chi connectivity index (χ0) is 16.2. The lowest BCUT2D eigenvalue weighted by atomic mass is 10.1. The number of furan rings is 1. The Kier molecular flexibility index (Phi) is 4.14. The van der Waals surface area contributed by atoms with Gasteiger partial charge in [-0.05, 0) is 30.3 Å². The molecule has 0 aliphatic heterocycles. The first-order valence-corrected chi connectivity index (χ1v) is 7.15. The SMILES string of the molecule is Cn1ccc2c(OCC(=O)NCc3ccco3)cccc2c1=O. The molecule has 6 nitrogen and oxygen atoms in total. The fourth-order valence-electron chi connectivity index (χ4n) is 2.27. The molecule has 0 unspecified atom stereocenters. The summed E-state index contributed by atoms with van der Waals surface area (Å²) in [4.78, 5) is 23.9. The number of carbonyl (C=O) groups is 1. The summed E-state index contributed by atoms with van der Waals surface area (Å²) in [5, 5.41) is 3.95. The van der Waals surface area contributed by atoms with Gasteiger partial charge in [0.25, 0.3) is 11.5 Å². The van der Waals surface area contributed by atoms with Gasteiger partial charge in [0.15, 0.2) is 6.61 Å². The van der Waals surface area contributed by atoms with E-state index in [1.807, 2.05) is 0 Å². The molecule has 0 spiro atoms. The van der Waals surface area contributed by atoms with Gasteiger partial charge < -0.3 is 19.0 Å². The lowest BCUT2D eigenvalue weighted by Crippen LogP contribution is -2.28. The summed E-state index contributed by atoms with van der Waals surface area (Å²) in [5.74, 6) is 0.919. The maximum absolute atomic E-state index is 12.1. The standard InChI is InChI=1S/C17H16N2O4/c1-19-8-7-13-14(17(19)21)5-2-6-15(13)23-11-16(20)18-10-12-4-3-9-22-12/h2-9H,10-11H2,1H3,(H,18,20). The second-order valence-corrected chi connectivity index (χ2v) is 5.09. The Morgan fingerprint density at radius 1 is 1.22 bits per heavy atom. The highest BCUT2D eigenvalue weighted by Gasteiger charge is 2.08. The van der Waals surface area contributed by atoms with Crippen LogP contribution in [0.1, 0.15) is 5.76 Å². The summed E-state index contributed by atoms with van der Waals surface area (Å²) < 4.78 is 12.2. The van der Waals surface area contributed by atoms with Crippen LogP contribution in [0.25, 0.3) is 10.8 Å². The fourth-order valence-corrected chi connectivity index (χ4v) is 2.27. The lowest BCUT2D eigenvalue weighted by molar-refractivity contribution is -0.123. The van der Waals surface area contributed by atoms with E-state index in [1.165, 1.54) is 4.57 Å². The number of benzene rings is 1. The quantitative estimate of drug-likeness (QED) is 0.780. The molecule has 0 saturated heterocycles. The van der Waals surface area contributed by atoms with Gasteiger partial charge >= 0.3 is 0 Å². The first-order valence-electron chi connectivity index (χ1n) is 7.15. The van der Waals surface area contributed by atoms with Gasteiger partial charge in [-0.2, -0.15) is 0 Å². The molecule has 0 saturated carbocycles. The van der Waals surface area contributed by atoms with Gasteiger partial charge in [0.2, 0.25) is 0 Å². The third-order valence-electron chi connectivity index (χ3n) is 3.48. The first kappa shape index (κ1) is 14.9. The van der Waals surface area contributed by atoms with Crippen molar-refractivity contribution < 1.29 is 13.9 Å². The highest BCUT2D eigenvalue weighted by Crippen LogP contribution is 2.22. The number of carbonyl (C=O) groups excluding carboxylic acids is 1. The van der Waals surface area contributed by atoms with Crippen molar-refractivity contribution in [1.29, 1.82) is 0 Å². The van der Waals surface area contributed by atoms with Crippen LogP contribution < -0.4 is 15.6 Å². The van der Waals surface area contributed by atoms with Crippen molar-refractivity contribution in [2.24, 2.45) is 7.05 Å². The minimum Gasteiger partial charge on any atom is -0.483 e. The van der Waals surface area contributed by atoms with Gasteiger partial charge in [0.1, 0.15) is 11.5 Å². The molecular weight excluding hydrogens is 296 g/mol. The Morgan fingerprint density at radius 3 is 2.87 bits per heavy atom. The Hall–Kier alpha value is -3.02. The van der Waals surface area contributed by atoms with Crippen molar-refractivity contribution in [3.05, 3.63) is 65.0 Å². The molecule has 6 heteroatoms. The number of amides is 1. The normalized spacial score (nSPS) is 10.7. The van der Waals surface area contributed by atoms with Crippen LogP contribution in [0.2, 0.25) is 0 Å². The van der Waals surface area contributed by atoms with Gasteiger partial charge in [0, 0.05) is 18.6 Å². The molecule has 23 heavy (non-hydrogen) atoms. The number of nitrogens with zero attached hydrogens (tertiary/aromatic N) is 1. The molecular formula is C17H16N2O4. The van der Waals surface area contributed by atoms with Crippen molar-refractivity contribution in [3.8, 4) is 5.75 Å². The smallest absolute Gasteiger partial charge is 0.258 e. The van der Waals surface area contributed by atoms with Gasteiger partial charge in [-0.15, -0.1) is 0 Å². The second-order valence-electron chi connectivity index (χ2n) is 5.09. The average molecular weight is 312 g/mol. The van der Waals surface area contributed by atoms with Crippen LogP contribution in [0.5, 0.6) is 5.75 Å². The third kappa shape index (κ3) is 3.26. The van der Waals surface area contributed by atoms with Gasteiger partial charge in [-0.1, -0.05) is 6.07 Å². The molecule has 1 N–H and O–H groups in total. The number of rotatable bonds is 5. The summed E-state index contributed by atoms with van der Waals surface area (Å²) in [5.41, 5.74) is -0.102. The number of nitrogens with one attached hydrogen (secondary N) is 1. The predicted octanol–water partition coefficient (Wildman–Crippen LogP) is 1.83. The van der Waals surface area contributed by atoms with Crippen molar-refractivity contribution in [2.45, 2.75) is 6.54 Å². The first-order chi connectivity index (χ1) is 11.1. The summed E-state index contributed by atoms with van der Waals surface area (Å²) in [6, 6.07) is 10.5. The van der Waals surface area contributed by atoms with Crippen LogP contribution in [0.4, 0.5) is 0 Å². The highest BCUT2D eigenvalue weighted by molar-refractivity contribution is 5.88. The third-order valence-corrected chi connectivity index (χ3v) is 3.48.